The van der Waals surface area contributed by atoms with E-state index in [1.54, 1.807) is 17.1 Å². The van der Waals surface area contributed by atoms with Crippen LogP contribution >= 0.6 is 11.3 Å². The Bertz CT molecular complexity index is 976. The van der Waals surface area contributed by atoms with E-state index in [1.807, 2.05) is 36.4 Å². The van der Waals surface area contributed by atoms with Gasteiger partial charge in [0.25, 0.3) is 5.91 Å². The van der Waals surface area contributed by atoms with Crippen molar-refractivity contribution in [2.45, 2.75) is 25.7 Å². The minimum Gasteiger partial charge on any atom is -0.451 e. The van der Waals surface area contributed by atoms with E-state index in [2.05, 4.69) is 15.4 Å². The van der Waals surface area contributed by atoms with Gasteiger partial charge < -0.3 is 10.1 Å². The zero-order valence-electron chi connectivity index (χ0n) is 14.7. The molecular weight excluding hydrogens is 364 g/mol. The normalized spacial score (nSPS) is 13.4. The molecule has 4 rings (SSSR count). The third-order valence-corrected chi connectivity index (χ3v) is 5.17. The van der Waals surface area contributed by atoms with Crippen LogP contribution in [0.5, 0.6) is 0 Å². The van der Waals surface area contributed by atoms with Gasteiger partial charge in [-0.05, 0) is 31.9 Å². The molecule has 1 aliphatic rings. The van der Waals surface area contributed by atoms with Crippen molar-refractivity contribution in [3.8, 4) is 5.69 Å². The molecule has 2 heterocycles. The van der Waals surface area contributed by atoms with E-state index in [9.17, 15) is 9.59 Å². The number of anilines is 1. The summed E-state index contributed by atoms with van der Waals surface area (Å²) in [5.41, 5.74) is 3.99. The first-order valence-corrected chi connectivity index (χ1v) is 9.52. The van der Waals surface area contributed by atoms with Gasteiger partial charge in [0.2, 0.25) is 0 Å². The average molecular weight is 382 g/mol. The Hall–Kier alpha value is -3.00. The van der Waals surface area contributed by atoms with Crippen molar-refractivity contribution >= 4 is 29.0 Å². The molecule has 3 aromatic rings. The van der Waals surface area contributed by atoms with Gasteiger partial charge in [-0.3, -0.25) is 4.79 Å². The van der Waals surface area contributed by atoms with Crippen LogP contribution in [0.2, 0.25) is 0 Å². The molecule has 0 saturated heterocycles. The van der Waals surface area contributed by atoms with E-state index in [0.717, 1.165) is 24.2 Å². The van der Waals surface area contributed by atoms with Crippen molar-refractivity contribution in [2.24, 2.45) is 0 Å². The second kappa shape index (κ2) is 7.32. The Morgan fingerprint density at radius 2 is 2.07 bits per heavy atom. The van der Waals surface area contributed by atoms with Crippen LogP contribution in [-0.2, 0) is 9.53 Å². The van der Waals surface area contributed by atoms with Crippen molar-refractivity contribution in [3.05, 3.63) is 58.2 Å². The van der Waals surface area contributed by atoms with Crippen LogP contribution in [0.4, 0.5) is 5.82 Å². The lowest BCUT2D eigenvalue weighted by atomic mass is 10.3. The summed E-state index contributed by atoms with van der Waals surface area (Å²) in [6.07, 6.45) is 2.23. The van der Waals surface area contributed by atoms with Crippen LogP contribution in [0.1, 0.15) is 39.8 Å². The number of hydrogen-bond donors (Lipinski definition) is 1. The Balaban J connectivity index is 1.46. The van der Waals surface area contributed by atoms with Gasteiger partial charge in [0.1, 0.15) is 10.7 Å². The SMILES string of the molecule is Cc1ncsc1C(=O)OCC(=O)Nc1cc(C2CC2)nn1-c1ccccc1. The molecule has 1 aliphatic carbocycles. The maximum absolute atomic E-state index is 12.3. The molecule has 2 aromatic heterocycles. The van der Waals surface area contributed by atoms with E-state index in [-0.39, 0.29) is 6.61 Å². The fraction of sp³-hybridized carbons (Fsp3) is 0.263. The van der Waals surface area contributed by atoms with E-state index < -0.39 is 11.9 Å². The van der Waals surface area contributed by atoms with Crippen LogP contribution in [-0.4, -0.2) is 33.2 Å². The van der Waals surface area contributed by atoms with Gasteiger partial charge in [0.05, 0.1) is 22.6 Å². The number of esters is 1. The predicted molar refractivity (Wildman–Crippen MR) is 101 cm³/mol. The number of ether oxygens (including phenoxy) is 1. The van der Waals surface area contributed by atoms with E-state index >= 15 is 0 Å². The number of para-hydroxylation sites is 1. The summed E-state index contributed by atoms with van der Waals surface area (Å²) in [4.78, 5) is 28.8. The first-order chi connectivity index (χ1) is 13.1. The number of carbonyl (C=O) groups is 2. The fourth-order valence-corrected chi connectivity index (χ4v) is 3.40. The largest absolute Gasteiger partial charge is 0.451 e. The molecule has 1 fully saturated rings. The molecule has 138 valence electrons. The highest BCUT2D eigenvalue weighted by molar-refractivity contribution is 7.11. The quantitative estimate of drug-likeness (QED) is 0.661. The van der Waals surface area contributed by atoms with E-state index in [1.165, 1.54) is 11.3 Å². The van der Waals surface area contributed by atoms with Crippen LogP contribution < -0.4 is 5.32 Å². The number of hydrogen-bond acceptors (Lipinski definition) is 6. The molecule has 0 spiro atoms. The number of nitrogens with one attached hydrogen (secondary N) is 1. The Morgan fingerprint density at radius 3 is 2.74 bits per heavy atom. The summed E-state index contributed by atoms with van der Waals surface area (Å²) < 4.78 is 6.81. The third kappa shape index (κ3) is 3.90. The number of rotatable bonds is 6. The van der Waals surface area contributed by atoms with Gasteiger partial charge in [-0.15, -0.1) is 11.3 Å². The molecule has 0 unspecified atom stereocenters. The highest BCUT2D eigenvalue weighted by Crippen LogP contribution is 2.40. The minimum atomic E-state index is -0.541. The first kappa shape index (κ1) is 17.4. The molecule has 0 bridgehead atoms. The number of amides is 1. The maximum atomic E-state index is 12.3. The smallest absolute Gasteiger partial charge is 0.350 e. The molecule has 0 radical (unpaired) electrons. The lowest BCUT2D eigenvalue weighted by molar-refractivity contribution is -0.119. The fourth-order valence-electron chi connectivity index (χ4n) is 2.71. The van der Waals surface area contributed by atoms with Gasteiger partial charge >= 0.3 is 5.97 Å². The van der Waals surface area contributed by atoms with Crippen molar-refractivity contribution in [2.75, 3.05) is 11.9 Å². The zero-order chi connectivity index (χ0) is 18.8. The number of carbonyl (C=O) groups excluding carboxylic acids is 2. The third-order valence-electron chi connectivity index (χ3n) is 4.26. The standard InChI is InChI=1S/C19H18N4O3S/c1-12-18(27-11-20-12)19(25)26-10-17(24)21-16-9-15(13-7-8-13)22-23(16)14-5-3-2-4-6-14/h2-6,9,11,13H,7-8,10H2,1H3,(H,21,24). The monoisotopic (exact) mass is 382 g/mol. The zero-order valence-corrected chi connectivity index (χ0v) is 15.5. The lowest BCUT2D eigenvalue weighted by Gasteiger charge is -2.09. The van der Waals surface area contributed by atoms with Crippen LogP contribution in [0.3, 0.4) is 0 Å². The molecule has 7 nitrogen and oxygen atoms in total. The molecule has 1 amide bonds. The first-order valence-electron chi connectivity index (χ1n) is 8.64. The highest BCUT2D eigenvalue weighted by atomic mass is 32.1. The number of aromatic nitrogens is 3. The highest BCUT2D eigenvalue weighted by Gasteiger charge is 2.28. The summed E-state index contributed by atoms with van der Waals surface area (Å²) in [6.45, 7) is 1.36. The minimum absolute atomic E-state index is 0.366. The summed E-state index contributed by atoms with van der Waals surface area (Å²) in [5.74, 6) is 0.0706. The summed E-state index contributed by atoms with van der Waals surface area (Å²) in [5, 5.41) is 7.43. The lowest BCUT2D eigenvalue weighted by Crippen LogP contribution is -2.22. The number of nitrogens with zero attached hydrogens (tertiary/aromatic N) is 3. The predicted octanol–water partition coefficient (Wildman–Crippen LogP) is 3.31. The molecule has 1 saturated carbocycles. The molecule has 27 heavy (non-hydrogen) atoms. The van der Waals surface area contributed by atoms with Gasteiger partial charge in [0, 0.05) is 12.0 Å². The van der Waals surface area contributed by atoms with Crippen LogP contribution in [0.15, 0.2) is 41.9 Å². The van der Waals surface area contributed by atoms with E-state index in [0.29, 0.717) is 22.3 Å². The maximum Gasteiger partial charge on any atom is 0.350 e. The van der Waals surface area contributed by atoms with Crippen LogP contribution in [0, 0.1) is 6.92 Å². The van der Waals surface area contributed by atoms with Gasteiger partial charge in [-0.25, -0.2) is 14.5 Å². The van der Waals surface area contributed by atoms with Crippen molar-refractivity contribution < 1.29 is 14.3 Å². The molecular formula is C19H18N4O3S. The van der Waals surface area contributed by atoms with Gasteiger partial charge in [-0.2, -0.15) is 5.10 Å². The molecule has 8 heteroatoms. The molecule has 0 aliphatic heterocycles. The second-order valence-electron chi connectivity index (χ2n) is 6.37. The number of thiazole rings is 1. The summed E-state index contributed by atoms with van der Waals surface area (Å²) in [6, 6.07) is 11.5. The summed E-state index contributed by atoms with van der Waals surface area (Å²) in [7, 11) is 0. The Labute approximate surface area is 160 Å². The summed E-state index contributed by atoms with van der Waals surface area (Å²) >= 11 is 1.20. The topological polar surface area (TPSA) is 86.1 Å². The average Bonchev–Trinajstić information content (AvgIpc) is 3.31. The molecule has 0 atom stereocenters. The Morgan fingerprint density at radius 1 is 1.30 bits per heavy atom. The Kier molecular flexibility index (Phi) is 4.72. The van der Waals surface area contributed by atoms with Gasteiger partial charge in [0.15, 0.2) is 6.61 Å². The molecule has 1 aromatic carbocycles. The number of benzene rings is 1. The van der Waals surface area contributed by atoms with Crippen molar-refractivity contribution in [3.63, 3.8) is 0 Å². The number of aryl methyl sites for hydroxylation is 1. The second-order valence-corrected chi connectivity index (χ2v) is 7.22. The van der Waals surface area contributed by atoms with E-state index in [4.69, 9.17) is 4.74 Å². The van der Waals surface area contributed by atoms with Crippen LogP contribution in [0.25, 0.3) is 5.69 Å². The van der Waals surface area contributed by atoms with Crippen molar-refractivity contribution in [1.82, 2.24) is 14.8 Å². The van der Waals surface area contributed by atoms with Crippen molar-refractivity contribution in [1.29, 1.82) is 0 Å². The molecule has 1 N–H and O–H groups in total. The van der Waals surface area contributed by atoms with Gasteiger partial charge in [-0.1, -0.05) is 18.2 Å².